The molecule has 0 heterocycles. The Kier molecular flexibility index (Phi) is 5.07. The lowest BCUT2D eigenvalue weighted by Crippen LogP contribution is -2.38. The van der Waals surface area contributed by atoms with Gasteiger partial charge in [-0.3, -0.25) is 0 Å². The van der Waals surface area contributed by atoms with Gasteiger partial charge in [-0.25, -0.2) is 0 Å². The molecule has 2 nitrogen and oxygen atoms in total. The molecule has 15 heavy (non-hydrogen) atoms. The van der Waals surface area contributed by atoms with Crippen LogP contribution < -0.4 is 5.73 Å². The van der Waals surface area contributed by atoms with E-state index < -0.39 is 0 Å². The molecule has 1 aliphatic rings. The van der Waals surface area contributed by atoms with Crippen LogP contribution in [0.1, 0.15) is 40.0 Å². The zero-order chi connectivity index (χ0) is 11.4. The second-order valence-electron chi connectivity index (χ2n) is 5.61. The third kappa shape index (κ3) is 3.46. The normalized spacial score (nSPS) is 29.0. The first-order valence-electron chi connectivity index (χ1n) is 6.46. The standard InChI is InChI=1S/C13H28N2/c1-10(2)11(3)15(4)9-13-7-5-6-12(13)8-14/h10-13H,5-9,14H2,1-4H3. The number of nitrogens with zero attached hydrogens (tertiary/aromatic N) is 1. The van der Waals surface area contributed by atoms with Crippen molar-refractivity contribution < 1.29 is 0 Å². The fraction of sp³-hybridized carbons (Fsp3) is 1.00. The molecule has 1 fully saturated rings. The first-order chi connectivity index (χ1) is 7.06. The van der Waals surface area contributed by atoms with E-state index in [4.69, 9.17) is 5.73 Å². The summed E-state index contributed by atoms with van der Waals surface area (Å²) in [7, 11) is 2.26. The molecule has 0 radical (unpaired) electrons. The molecule has 0 aliphatic heterocycles. The first-order valence-corrected chi connectivity index (χ1v) is 6.46. The Bertz CT molecular complexity index is 179. The summed E-state index contributed by atoms with van der Waals surface area (Å²) in [5, 5.41) is 0. The minimum atomic E-state index is 0.684. The van der Waals surface area contributed by atoms with Crippen molar-refractivity contribution in [3.63, 3.8) is 0 Å². The van der Waals surface area contributed by atoms with Crippen LogP contribution in [0.2, 0.25) is 0 Å². The van der Waals surface area contributed by atoms with E-state index in [0.717, 1.165) is 24.3 Å². The molecule has 0 saturated heterocycles. The van der Waals surface area contributed by atoms with Gasteiger partial charge in [-0.1, -0.05) is 20.3 Å². The van der Waals surface area contributed by atoms with Crippen molar-refractivity contribution in [2.45, 2.75) is 46.1 Å². The Morgan fingerprint density at radius 3 is 2.33 bits per heavy atom. The molecule has 0 aromatic heterocycles. The van der Waals surface area contributed by atoms with Crippen molar-refractivity contribution in [1.29, 1.82) is 0 Å². The highest BCUT2D eigenvalue weighted by Crippen LogP contribution is 2.31. The lowest BCUT2D eigenvalue weighted by Gasteiger charge is -2.31. The van der Waals surface area contributed by atoms with Crippen LogP contribution in [0.15, 0.2) is 0 Å². The Morgan fingerprint density at radius 2 is 1.80 bits per heavy atom. The molecule has 2 N–H and O–H groups in total. The molecule has 0 aromatic carbocycles. The first kappa shape index (κ1) is 13.0. The maximum Gasteiger partial charge on any atom is 0.00869 e. The monoisotopic (exact) mass is 212 g/mol. The van der Waals surface area contributed by atoms with E-state index in [2.05, 4.69) is 32.7 Å². The summed E-state index contributed by atoms with van der Waals surface area (Å²) >= 11 is 0. The quantitative estimate of drug-likeness (QED) is 0.758. The minimum Gasteiger partial charge on any atom is -0.330 e. The maximum atomic E-state index is 5.82. The molecule has 3 unspecified atom stereocenters. The fourth-order valence-electron chi connectivity index (χ4n) is 2.71. The van der Waals surface area contributed by atoms with E-state index in [0.29, 0.717) is 6.04 Å². The third-order valence-electron chi connectivity index (χ3n) is 4.30. The average Bonchev–Trinajstić information content (AvgIpc) is 2.63. The van der Waals surface area contributed by atoms with Gasteiger partial charge in [-0.2, -0.15) is 0 Å². The second kappa shape index (κ2) is 5.86. The van der Waals surface area contributed by atoms with Gasteiger partial charge in [-0.05, 0) is 51.1 Å². The zero-order valence-corrected chi connectivity index (χ0v) is 10.9. The van der Waals surface area contributed by atoms with Crippen LogP contribution in [-0.4, -0.2) is 31.1 Å². The number of nitrogens with two attached hydrogens (primary N) is 1. The van der Waals surface area contributed by atoms with E-state index in [1.165, 1.54) is 25.8 Å². The van der Waals surface area contributed by atoms with Crippen LogP contribution in [0.3, 0.4) is 0 Å². The zero-order valence-electron chi connectivity index (χ0n) is 10.9. The predicted molar refractivity (Wildman–Crippen MR) is 66.8 cm³/mol. The number of hydrogen-bond donors (Lipinski definition) is 1. The van der Waals surface area contributed by atoms with Crippen LogP contribution in [0.4, 0.5) is 0 Å². The van der Waals surface area contributed by atoms with Gasteiger partial charge < -0.3 is 10.6 Å². The van der Waals surface area contributed by atoms with Crippen molar-refractivity contribution >= 4 is 0 Å². The van der Waals surface area contributed by atoms with Crippen LogP contribution >= 0.6 is 0 Å². The summed E-state index contributed by atoms with van der Waals surface area (Å²) in [6.07, 6.45) is 4.12. The molecule has 2 heteroatoms. The fourth-order valence-corrected chi connectivity index (χ4v) is 2.71. The van der Waals surface area contributed by atoms with Crippen LogP contribution in [0.5, 0.6) is 0 Å². The van der Waals surface area contributed by atoms with Gasteiger partial charge in [0.1, 0.15) is 0 Å². The lowest BCUT2D eigenvalue weighted by molar-refractivity contribution is 0.164. The van der Waals surface area contributed by atoms with Crippen molar-refractivity contribution in [2.24, 2.45) is 23.5 Å². The van der Waals surface area contributed by atoms with Crippen LogP contribution in [0.25, 0.3) is 0 Å². The summed E-state index contributed by atoms with van der Waals surface area (Å²) < 4.78 is 0. The Hall–Kier alpha value is -0.0800. The van der Waals surface area contributed by atoms with Gasteiger partial charge in [0, 0.05) is 12.6 Å². The van der Waals surface area contributed by atoms with Gasteiger partial charge in [0.25, 0.3) is 0 Å². The number of rotatable bonds is 5. The van der Waals surface area contributed by atoms with E-state index in [1.54, 1.807) is 0 Å². The summed E-state index contributed by atoms with van der Waals surface area (Å²) in [6.45, 7) is 9.05. The largest absolute Gasteiger partial charge is 0.330 e. The molecule has 0 aromatic rings. The Balaban J connectivity index is 2.39. The van der Waals surface area contributed by atoms with Gasteiger partial charge in [0.05, 0.1) is 0 Å². The second-order valence-corrected chi connectivity index (χ2v) is 5.61. The van der Waals surface area contributed by atoms with Gasteiger partial charge in [0.2, 0.25) is 0 Å². The van der Waals surface area contributed by atoms with Crippen molar-refractivity contribution in [3.05, 3.63) is 0 Å². The highest BCUT2D eigenvalue weighted by molar-refractivity contribution is 4.81. The topological polar surface area (TPSA) is 29.3 Å². The van der Waals surface area contributed by atoms with Crippen molar-refractivity contribution in [2.75, 3.05) is 20.1 Å². The van der Waals surface area contributed by atoms with Crippen molar-refractivity contribution in [3.8, 4) is 0 Å². The smallest absolute Gasteiger partial charge is 0.00869 e. The minimum absolute atomic E-state index is 0.684. The van der Waals surface area contributed by atoms with Gasteiger partial charge >= 0.3 is 0 Å². The SMILES string of the molecule is CC(C)C(C)N(C)CC1CCCC1CN. The summed E-state index contributed by atoms with van der Waals surface area (Å²) in [4.78, 5) is 2.52. The van der Waals surface area contributed by atoms with Gasteiger partial charge in [-0.15, -0.1) is 0 Å². The van der Waals surface area contributed by atoms with Crippen molar-refractivity contribution in [1.82, 2.24) is 4.90 Å². The molecular weight excluding hydrogens is 184 g/mol. The average molecular weight is 212 g/mol. The molecule has 0 amide bonds. The Labute approximate surface area is 95.2 Å². The highest BCUT2D eigenvalue weighted by Gasteiger charge is 2.28. The Morgan fingerprint density at radius 1 is 1.20 bits per heavy atom. The van der Waals surface area contributed by atoms with Gasteiger partial charge in [0.15, 0.2) is 0 Å². The van der Waals surface area contributed by atoms with E-state index in [9.17, 15) is 0 Å². The third-order valence-corrected chi connectivity index (χ3v) is 4.30. The molecule has 3 atom stereocenters. The highest BCUT2D eigenvalue weighted by atomic mass is 15.1. The molecule has 0 spiro atoms. The predicted octanol–water partition coefficient (Wildman–Crippen LogP) is 2.34. The summed E-state index contributed by atoms with van der Waals surface area (Å²) in [6, 6.07) is 0.684. The van der Waals surface area contributed by atoms with E-state index in [-0.39, 0.29) is 0 Å². The molecule has 1 saturated carbocycles. The number of hydrogen-bond acceptors (Lipinski definition) is 2. The molecule has 90 valence electrons. The lowest BCUT2D eigenvalue weighted by atomic mass is 9.94. The molecule has 1 aliphatic carbocycles. The molecular formula is C13H28N2. The summed E-state index contributed by atoms with van der Waals surface area (Å²) in [5.74, 6) is 2.38. The summed E-state index contributed by atoms with van der Waals surface area (Å²) in [5.41, 5.74) is 5.82. The maximum absolute atomic E-state index is 5.82. The van der Waals surface area contributed by atoms with Crippen LogP contribution in [-0.2, 0) is 0 Å². The molecule has 1 rings (SSSR count). The molecule has 0 bridgehead atoms. The van der Waals surface area contributed by atoms with E-state index >= 15 is 0 Å². The van der Waals surface area contributed by atoms with E-state index in [1.807, 2.05) is 0 Å². The van der Waals surface area contributed by atoms with Crippen LogP contribution in [0, 0.1) is 17.8 Å².